The van der Waals surface area contributed by atoms with Crippen molar-refractivity contribution in [1.29, 1.82) is 0 Å². The highest BCUT2D eigenvalue weighted by molar-refractivity contribution is 7.07. The average molecular weight is 345 g/mol. The van der Waals surface area contributed by atoms with Gasteiger partial charge < -0.3 is 10.2 Å². The van der Waals surface area contributed by atoms with Crippen LogP contribution in [0.4, 0.5) is 8.78 Å². The minimum atomic E-state index is -1.10. The van der Waals surface area contributed by atoms with E-state index in [0.717, 1.165) is 17.7 Å². The highest BCUT2D eigenvalue weighted by Crippen LogP contribution is 2.22. The fourth-order valence-electron chi connectivity index (χ4n) is 2.04. The minimum absolute atomic E-state index is 0.0146. The molecule has 1 unspecified atom stereocenters. The number of nitrogens with one attached hydrogen (secondary N) is 1. The van der Waals surface area contributed by atoms with Gasteiger partial charge in [0.2, 0.25) is 0 Å². The second kappa shape index (κ2) is 7.17. The molecule has 0 saturated carbocycles. The normalized spacial score (nSPS) is 12.5. The molecule has 0 aliphatic rings. The van der Waals surface area contributed by atoms with Gasteiger partial charge in [-0.05, 0) is 48.6 Å². The molecule has 1 aromatic carbocycles. The second-order valence-electron chi connectivity index (χ2n) is 4.99. The quantitative estimate of drug-likeness (QED) is 0.839. The maximum atomic E-state index is 13.2. The predicted octanol–water partition coefficient (Wildman–Crippen LogP) is 3.71. The predicted molar refractivity (Wildman–Crippen MR) is 84.4 cm³/mol. The first-order valence-corrected chi connectivity index (χ1v) is 7.83. The van der Waals surface area contributed by atoms with Crippen LogP contribution < -0.4 is 5.32 Å². The van der Waals surface area contributed by atoms with E-state index in [2.05, 4.69) is 5.32 Å². The van der Waals surface area contributed by atoms with Gasteiger partial charge in [0.15, 0.2) is 11.6 Å². The van der Waals surface area contributed by atoms with E-state index in [0.29, 0.717) is 6.54 Å². The molecule has 0 fully saturated rings. The molecule has 0 aliphatic carbocycles. The maximum absolute atomic E-state index is 13.2. The van der Waals surface area contributed by atoms with Crippen LogP contribution in [0.25, 0.3) is 0 Å². The van der Waals surface area contributed by atoms with Crippen molar-refractivity contribution < 1.29 is 13.6 Å². The Labute approximate surface area is 136 Å². The van der Waals surface area contributed by atoms with Gasteiger partial charge in [-0.25, -0.2) is 8.78 Å². The number of nitrogens with zero attached hydrogens (tertiary/aromatic N) is 1. The number of likely N-dealkylation sites (N-methyl/N-ethyl adjacent to an activating group) is 1. The molecule has 1 aromatic heterocycles. The van der Waals surface area contributed by atoms with E-state index < -0.39 is 17.5 Å². The van der Waals surface area contributed by atoms with E-state index in [9.17, 15) is 13.6 Å². The summed E-state index contributed by atoms with van der Waals surface area (Å²) < 4.78 is 26.3. The minimum Gasteiger partial charge on any atom is -0.350 e. The summed E-state index contributed by atoms with van der Waals surface area (Å²) in [6.45, 7) is 0.331. The Morgan fingerprint density at radius 1 is 1.36 bits per heavy atom. The molecular formula is C15H15ClF2N2OS. The Balaban J connectivity index is 2.10. The van der Waals surface area contributed by atoms with Gasteiger partial charge in [-0.2, -0.15) is 11.3 Å². The zero-order valence-electron chi connectivity index (χ0n) is 12.1. The Morgan fingerprint density at radius 2 is 2.05 bits per heavy atom. The molecule has 2 rings (SSSR count). The van der Waals surface area contributed by atoms with Crippen LogP contribution in [0.3, 0.4) is 0 Å². The fourth-order valence-corrected chi connectivity index (χ4v) is 2.99. The van der Waals surface area contributed by atoms with E-state index in [1.165, 1.54) is 0 Å². The lowest BCUT2D eigenvalue weighted by atomic mass is 10.1. The van der Waals surface area contributed by atoms with Crippen molar-refractivity contribution in [3.8, 4) is 0 Å². The Kier molecular flexibility index (Phi) is 5.50. The summed E-state index contributed by atoms with van der Waals surface area (Å²) in [6, 6.07) is 3.57. The van der Waals surface area contributed by atoms with Gasteiger partial charge in [-0.1, -0.05) is 11.6 Å². The van der Waals surface area contributed by atoms with Crippen LogP contribution in [-0.4, -0.2) is 31.4 Å². The summed E-state index contributed by atoms with van der Waals surface area (Å²) in [5.74, 6) is -2.71. The van der Waals surface area contributed by atoms with Crippen molar-refractivity contribution in [3.63, 3.8) is 0 Å². The molecule has 1 amide bonds. The van der Waals surface area contributed by atoms with Gasteiger partial charge in [0.05, 0.1) is 16.6 Å². The third-order valence-corrected chi connectivity index (χ3v) is 4.28. The monoisotopic (exact) mass is 344 g/mol. The molecule has 118 valence electrons. The summed E-state index contributed by atoms with van der Waals surface area (Å²) >= 11 is 7.37. The summed E-state index contributed by atoms with van der Waals surface area (Å²) in [6.07, 6.45) is 0. The van der Waals surface area contributed by atoms with E-state index >= 15 is 0 Å². The zero-order chi connectivity index (χ0) is 16.3. The lowest BCUT2D eigenvalue weighted by Crippen LogP contribution is -2.34. The van der Waals surface area contributed by atoms with Gasteiger partial charge >= 0.3 is 0 Å². The summed E-state index contributed by atoms with van der Waals surface area (Å²) in [7, 11) is 3.80. The first kappa shape index (κ1) is 16.9. The molecule has 1 N–H and O–H groups in total. The van der Waals surface area contributed by atoms with Crippen molar-refractivity contribution in [2.75, 3.05) is 20.6 Å². The number of halogens is 3. The number of hydrogen-bond donors (Lipinski definition) is 1. The molecule has 0 spiro atoms. The molecule has 7 heteroatoms. The van der Waals surface area contributed by atoms with Gasteiger partial charge in [0.1, 0.15) is 0 Å². The molecule has 22 heavy (non-hydrogen) atoms. The summed E-state index contributed by atoms with van der Waals surface area (Å²) in [5.41, 5.74) is 0.995. The molecule has 1 heterocycles. The standard InChI is InChI=1S/C15H15ClF2N2OS/c1-20(2)14(9-3-4-22-8-9)7-19-15(21)10-5-12(17)13(18)6-11(10)16/h3-6,8,14H,7H2,1-2H3,(H,19,21). The van der Waals surface area contributed by atoms with E-state index in [1.807, 2.05) is 35.8 Å². The van der Waals surface area contributed by atoms with Gasteiger partial charge in [-0.15, -0.1) is 0 Å². The first-order valence-electron chi connectivity index (χ1n) is 6.51. The molecule has 0 bridgehead atoms. The Hall–Kier alpha value is -1.50. The number of hydrogen-bond acceptors (Lipinski definition) is 3. The largest absolute Gasteiger partial charge is 0.350 e. The number of rotatable bonds is 5. The first-order chi connectivity index (χ1) is 10.4. The topological polar surface area (TPSA) is 32.3 Å². The smallest absolute Gasteiger partial charge is 0.252 e. The summed E-state index contributed by atoms with van der Waals surface area (Å²) in [4.78, 5) is 14.1. The molecule has 0 saturated heterocycles. The number of benzene rings is 1. The molecular weight excluding hydrogens is 330 g/mol. The van der Waals surface area contributed by atoms with E-state index in [1.54, 1.807) is 11.3 Å². The van der Waals surface area contributed by atoms with Crippen molar-refractivity contribution in [1.82, 2.24) is 10.2 Å². The van der Waals surface area contributed by atoms with Gasteiger partial charge in [0, 0.05) is 6.54 Å². The average Bonchev–Trinajstić information content (AvgIpc) is 2.96. The van der Waals surface area contributed by atoms with Crippen LogP contribution in [0.15, 0.2) is 29.0 Å². The Morgan fingerprint density at radius 3 is 2.64 bits per heavy atom. The molecule has 0 aliphatic heterocycles. The highest BCUT2D eigenvalue weighted by atomic mass is 35.5. The van der Waals surface area contributed by atoms with Crippen LogP contribution in [0.1, 0.15) is 22.0 Å². The molecule has 0 radical (unpaired) electrons. The van der Waals surface area contributed by atoms with Crippen LogP contribution in [0.5, 0.6) is 0 Å². The van der Waals surface area contributed by atoms with E-state index in [4.69, 9.17) is 11.6 Å². The SMILES string of the molecule is CN(C)C(CNC(=O)c1cc(F)c(F)cc1Cl)c1ccsc1. The highest BCUT2D eigenvalue weighted by Gasteiger charge is 2.19. The lowest BCUT2D eigenvalue weighted by Gasteiger charge is -2.24. The molecule has 3 nitrogen and oxygen atoms in total. The zero-order valence-corrected chi connectivity index (χ0v) is 13.6. The number of thiophene rings is 1. The van der Waals surface area contributed by atoms with E-state index in [-0.39, 0.29) is 16.6 Å². The van der Waals surface area contributed by atoms with Crippen molar-refractivity contribution in [2.45, 2.75) is 6.04 Å². The number of amides is 1. The van der Waals surface area contributed by atoms with Crippen molar-refractivity contribution >= 4 is 28.8 Å². The lowest BCUT2D eigenvalue weighted by molar-refractivity contribution is 0.0941. The van der Waals surface area contributed by atoms with Crippen LogP contribution >= 0.6 is 22.9 Å². The maximum Gasteiger partial charge on any atom is 0.252 e. The van der Waals surface area contributed by atoms with Crippen molar-refractivity contribution in [2.24, 2.45) is 0 Å². The molecule has 2 aromatic rings. The fraction of sp³-hybridized carbons (Fsp3) is 0.267. The van der Waals surface area contributed by atoms with Gasteiger partial charge in [-0.3, -0.25) is 4.79 Å². The Bertz CT molecular complexity index is 662. The number of carbonyl (C=O) groups is 1. The van der Waals surface area contributed by atoms with Gasteiger partial charge in [0.25, 0.3) is 5.91 Å². The number of carbonyl (C=O) groups excluding carboxylic acids is 1. The van der Waals surface area contributed by atoms with Crippen molar-refractivity contribution in [3.05, 3.63) is 56.7 Å². The second-order valence-corrected chi connectivity index (χ2v) is 6.18. The molecule has 1 atom stereocenters. The summed E-state index contributed by atoms with van der Waals surface area (Å²) in [5, 5.41) is 6.55. The van der Waals surface area contributed by atoms with Crippen LogP contribution in [0.2, 0.25) is 5.02 Å². The van der Waals surface area contributed by atoms with Crippen LogP contribution in [-0.2, 0) is 0 Å². The third kappa shape index (κ3) is 3.82. The third-order valence-electron chi connectivity index (χ3n) is 3.26. The van der Waals surface area contributed by atoms with Crippen LogP contribution in [0, 0.1) is 11.6 Å².